The second kappa shape index (κ2) is 6.66. The monoisotopic (exact) mass is 298 g/mol. The Labute approximate surface area is 123 Å². The molecule has 1 aromatic rings. The summed E-state index contributed by atoms with van der Waals surface area (Å²) in [4.78, 5) is 24.7. The van der Waals surface area contributed by atoms with Crippen LogP contribution in [0, 0.1) is 0 Å². The molecule has 1 amide bonds. The van der Waals surface area contributed by atoms with Crippen molar-refractivity contribution in [3.63, 3.8) is 0 Å². The van der Waals surface area contributed by atoms with E-state index in [0.29, 0.717) is 12.4 Å². The lowest BCUT2D eigenvalue weighted by Gasteiger charge is -2.33. The van der Waals surface area contributed by atoms with Crippen LogP contribution in [-0.4, -0.2) is 50.7 Å². The third kappa shape index (κ3) is 4.25. The zero-order chi connectivity index (χ0) is 16.2. The fraction of sp³-hybridized carbons (Fsp3) is 0.692. The quantitative estimate of drug-likeness (QED) is 0.781. The summed E-state index contributed by atoms with van der Waals surface area (Å²) < 4.78 is 5.27. The average molecular weight is 298 g/mol. The summed E-state index contributed by atoms with van der Waals surface area (Å²) in [5, 5.41) is 19.2. The lowest BCUT2D eigenvalue weighted by atomic mass is 10.0. The highest BCUT2D eigenvalue weighted by Crippen LogP contribution is 2.16. The minimum atomic E-state index is -1.13. The molecule has 0 spiro atoms. The maximum atomic E-state index is 12.0. The van der Waals surface area contributed by atoms with Crippen LogP contribution in [0.3, 0.4) is 0 Å². The number of hydrogen-bond donors (Lipinski definition) is 2. The number of amides is 1. The van der Waals surface area contributed by atoms with Crippen molar-refractivity contribution in [1.82, 2.24) is 15.1 Å². The first kappa shape index (κ1) is 17.1. The van der Waals surface area contributed by atoms with Crippen LogP contribution in [0.1, 0.15) is 46.4 Å². The zero-order valence-electron chi connectivity index (χ0n) is 13.0. The first-order chi connectivity index (χ1) is 9.68. The largest absolute Gasteiger partial charge is 0.480 e. The van der Waals surface area contributed by atoms with Crippen LogP contribution in [0.15, 0.2) is 4.42 Å². The first-order valence-electron chi connectivity index (χ1n) is 6.80. The van der Waals surface area contributed by atoms with Gasteiger partial charge in [0.2, 0.25) is 11.8 Å². The Morgan fingerprint density at radius 1 is 1.38 bits per heavy atom. The number of aliphatic carboxylic acids is 1. The number of carboxylic acid groups (broad SMARTS) is 1. The van der Waals surface area contributed by atoms with E-state index in [1.165, 1.54) is 0 Å². The van der Waals surface area contributed by atoms with E-state index in [-0.39, 0.29) is 18.5 Å². The van der Waals surface area contributed by atoms with E-state index < -0.39 is 17.4 Å². The van der Waals surface area contributed by atoms with Crippen molar-refractivity contribution in [1.29, 1.82) is 0 Å². The van der Waals surface area contributed by atoms with Gasteiger partial charge in [0.1, 0.15) is 5.54 Å². The van der Waals surface area contributed by atoms with Crippen LogP contribution in [-0.2, 0) is 9.59 Å². The summed E-state index contributed by atoms with van der Waals surface area (Å²) >= 11 is 0. The molecule has 21 heavy (non-hydrogen) atoms. The molecule has 0 unspecified atom stereocenters. The van der Waals surface area contributed by atoms with Crippen LogP contribution in [0.25, 0.3) is 0 Å². The van der Waals surface area contributed by atoms with Crippen molar-refractivity contribution in [3.05, 3.63) is 5.89 Å². The third-order valence-corrected chi connectivity index (χ3v) is 3.21. The Bertz CT molecular complexity index is 510. The Morgan fingerprint density at radius 2 is 2.00 bits per heavy atom. The van der Waals surface area contributed by atoms with Gasteiger partial charge in [0.05, 0.1) is 6.54 Å². The predicted molar refractivity (Wildman–Crippen MR) is 76.0 cm³/mol. The van der Waals surface area contributed by atoms with Crippen molar-refractivity contribution in [2.45, 2.75) is 46.1 Å². The van der Waals surface area contributed by atoms with E-state index in [9.17, 15) is 14.7 Å². The fourth-order valence-electron chi connectivity index (χ4n) is 1.69. The third-order valence-electron chi connectivity index (χ3n) is 3.21. The molecule has 0 atom stereocenters. The van der Waals surface area contributed by atoms with Gasteiger partial charge >= 0.3 is 12.0 Å². The molecular formula is C13H22N4O4. The number of carboxylic acids is 1. The standard InChI is InChI=1S/C13H22N4O4/c1-6-17(13(4,5)11(19)20)7-9(18)14-12-16-15-10(21-12)8(2)3/h8H,6-7H2,1-5H3,(H,19,20)(H,14,16,18). The molecule has 0 aliphatic heterocycles. The van der Waals surface area contributed by atoms with E-state index in [1.807, 2.05) is 13.8 Å². The number of rotatable bonds is 7. The van der Waals surface area contributed by atoms with Gasteiger partial charge in [0.25, 0.3) is 0 Å². The smallest absolute Gasteiger partial charge is 0.323 e. The minimum Gasteiger partial charge on any atom is -0.480 e. The maximum Gasteiger partial charge on any atom is 0.323 e. The summed E-state index contributed by atoms with van der Waals surface area (Å²) in [7, 11) is 0. The van der Waals surface area contributed by atoms with Gasteiger partial charge in [-0.3, -0.25) is 19.8 Å². The van der Waals surface area contributed by atoms with Crippen LogP contribution < -0.4 is 5.32 Å². The highest BCUT2D eigenvalue weighted by Gasteiger charge is 2.34. The molecule has 0 saturated carbocycles. The van der Waals surface area contributed by atoms with E-state index in [1.54, 1.807) is 25.7 Å². The van der Waals surface area contributed by atoms with Crippen molar-refractivity contribution < 1.29 is 19.1 Å². The molecular weight excluding hydrogens is 276 g/mol. The van der Waals surface area contributed by atoms with Crippen molar-refractivity contribution in [3.8, 4) is 0 Å². The van der Waals surface area contributed by atoms with Gasteiger partial charge < -0.3 is 9.52 Å². The van der Waals surface area contributed by atoms with Crippen LogP contribution in [0.5, 0.6) is 0 Å². The molecule has 0 aliphatic carbocycles. The lowest BCUT2D eigenvalue weighted by molar-refractivity contribution is -0.149. The molecule has 0 fully saturated rings. The van der Waals surface area contributed by atoms with E-state index in [2.05, 4.69) is 15.5 Å². The molecule has 1 heterocycles. The summed E-state index contributed by atoms with van der Waals surface area (Å²) in [6.07, 6.45) is 0. The molecule has 1 aromatic heterocycles. The van der Waals surface area contributed by atoms with Gasteiger partial charge in [-0.15, -0.1) is 5.10 Å². The summed E-state index contributed by atoms with van der Waals surface area (Å²) in [6, 6.07) is 0.0212. The molecule has 2 N–H and O–H groups in total. The van der Waals surface area contributed by atoms with Crippen molar-refractivity contribution >= 4 is 17.9 Å². The topological polar surface area (TPSA) is 109 Å². The molecule has 1 rings (SSSR count). The number of anilines is 1. The molecule has 8 nitrogen and oxygen atoms in total. The van der Waals surface area contributed by atoms with Gasteiger partial charge in [0.15, 0.2) is 0 Å². The summed E-state index contributed by atoms with van der Waals surface area (Å²) in [5.74, 6) is -0.882. The Morgan fingerprint density at radius 3 is 2.43 bits per heavy atom. The predicted octanol–water partition coefficient (Wildman–Crippen LogP) is 1.32. The second-order valence-corrected chi connectivity index (χ2v) is 5.53. The van der Waals surface area contributed by atoms with E-state index in [0.717, 1.165) is 0 Å². The van der Waals surface area contributed by atoms with E-state index in [4.69, 9.17) is 4.42 Å². The number of nitrogens with one attached hydrogen (secondary N) is 1. The second-order valence-electron chi connectivity index (χ2n) is 5.53. The molecule has 0 aliphatic rings. The van der Waals surface area contributed by atoms with Gasteiger partial charge in [-0.05, 0) is 20.4 Å². The number of carbonyl (C=O) groups is 2. The summed E-state index contributed by atoms with van der Waals surface area (Å²) in [6.45, 7) is 9.04. The van der Waals surface area contributed by atoms with Crippen molar-refractivity contribution in [2.75, 3.05) is 18.4 Å². The number of aromatic nitrogens is 2. The van der Waals surface area contributed by atoms with E-state index >= 15 is 0 Å². The molecule has 0 radical (unpaired) electrons. The molecule has 0 aromatic carbocycles. The van der Waals surface area contributed by atoms with Gasteiger partial charge in [-0.2, -0.15) is 0 Å². The number of carbonyl (C=O) groups excluding carboxylic acids is 1. The Balaban J connectivity index is 2.69. The van der Waals surface area contributed by atoms with Gasteiger partial charge in [-0.1, -0.05) is 25.9 Å². The lowest BCUT2D eigenvalue weighted by Crippen LogP contribution is -2.52. The SMILES string of the molecule is CCN(CC(=O)Nc1nnc(C(C)C)o1)C(C)(C)C(=O)O. The van der Waals surface area contributed by atoms with Crippen molar-refractivity contribution in [2.24, 2.45) is 0 Å². The highest BCUT2D eigenvalue weighted by molar-refractivity contribution is 5.91. The van der Waals surface area contributed by atoms with Crippen LogP contribution in [0.4, 0.5) is 6.01 Å². The summed E-state index contributed by atoms with van der Waals surface area (Å²) in [5.41, 5.74) is -1.13. The highest BCUT2D eigenvalue weighted by atomic mass is 16.4. The van der Waals surface area contributed by atoms with Crippen LogP contribution in [0.2, 0.25) is 0 Å². The molecule has 8 heteroatoms. The zero-order valence-corrected chi connectivity index (χ0v) is 13.0. The Hall–Kier alpha value is -1.96. The number of hydrogen-bond acceptors (Lipinski definition) is 6. The Kier molecular flexibility index (Phi) is 5.42. The maximum absolute atomic E-state index is 12.0. The molecule has 118 valence electrons. The minimum absolute atomic E-state index is 0.0212. The number of nitrogens with zero attached hydrogens (tertiary/aromatic N) is 3. The normalized spacial score (nSPS) is 12.0. The van der Waals surface area contributed by atoms with Crippen LogP contribution >= 0.6 is 0 Å². The average Bonchev–Trinajstić information content (AvgIpc) is 2.84. The number of likely N-dealkylation sites (N-methyl/N-ethyl adjacent to an activating group) is 1. The first-order valence-corrected chi connectivity index (χ1v) is 6.80. The van der Waals surface area contributed by atoms with Gasteiger partial charge in [0, 0.05) is 5.92 Å². The molecule has 0 bridgehead atoms. The van der Waals surface area contributed by atoms with Gasteiger partial charge in [-0.25, -0.2) is 0 Å². The molecule has 0 saturated heterocycles. The fourth-order valence-corrected chi connectivity index (χ4v) is 1.69.